The van der Waals surface area contributed by atoms with E-state index in [1.54, 1.807) is 31.4 Å². The zero-order valence-electron chi connectivity index (χ0n) is 15.5. The second-order valence-corrected chi connectivity index (χ2v) is 7.01. The Balaban J connectivity index is 1.66. The normalized spacial score (nSPS) is 10.4. The van der Waals surface area contributed by atoms with Crippen LogP contribution in [0.2, 0.25) is 10.0 Å². The molecule has 0 saturated heterocycles. The molecule has 0 radical (unpaired) electrons. The number of rotatable bonds is 8. The third-order valence-corrected chi connectivity index (χ3v) is 4.77. The highest BCUT2D eigenvalue weighted by molar-refractivity contribution is 6.35. The largest absolute Gasteiger partial charge is 0.493 e. The third-order valence-electron chi connectivity index (χ3n) is 4.18. The fraction of sp³-hybridized carbons (Fsp3) is 0.143. The van der Waals surface area contributed by atoms with Gasteiger partial charge in [-0.2, -0.15) is 0 Å². The Kier molecular flexibility index (Phi) is 6.80. The summed E-state index contributed by atoms with van der Waals surface area (Å²) < 4.78 is 11.3. The Morgan fingerprint density at radius 2 is 1.86 bits per heavy atom. The van der Waals surface area contributed by atoms with Gasteiger partial charge in [0.25, 0.3) is 5.69 Å². The van der Waals surface area contributed by atoms with Gasteiger partial charge in [0.1, 0.15) is 6.61 Å². The van der Waals surface area contributed by atoms with E-state index in [-0.39, 0.29) is 12.3 Å². The van der Waals surface area contributed by atoms with Crippen molar-refractivity contribution in [1.82, 2.24) is 0 Å². The van der Waals surface area contributed by atoms with E-state index < -0.39 is 4.92 Å². The van der Waals surface area contributed by atoms with E-state index in [0.29, 0.717) is 33.8 Å². The van der Waals surface area contributed by atoms with Gasteiger partial charge in [-0.25, -0.2) is 0 Å². The number of benzene rings is 3. The standard InChI is InChI=1S/C21H18Cl2N2O4/c1-28-21-9-14(12-24-17-3-2-4-18(11-17)25(26)27)5-8-20(21)29-13-15-6-7-16(22)10-19(15)23/h2-11,24H,12-13H2,1H3. The van der Waals surface area contributed by atoms with Crippen LogP contribution in [0.5, 0.6) is 11.5 Å². The van der Waals surface area contributed by atoms with E-state index in [1.165, 1.54) is 12.1 Å². The van der Waals surface area contributed by atoms with Crippen molar-refractivity contribution in [3.05, 3.63) is 92.0 Å². The van der Waals surface area contributed by atoms with Gasteiger partial charge in [0.2, 0.25) is 0 Å². The molecule has 0 aromatic heterocycles. The molecule has 0 bridgehead atoms. The highest BCUT2D eigenvalue weighted by atomic mass is 35.5. The summed E-state index contributed by atoms with van der Waals surface area (Å²) in [6, 6.07) is 17.2. The molecule has 150 valence electrons. The Hall–Kier alpha value is -2.96. The molecular weight excluding hydrogens is 415 g/mol. The van der Waals surface area contributed by atoms with Crippen molar-refractivity contribution in [3.8, 4) is 11.5 Å². The molecule has 6 nitrogen and oxygen atoms in total. The molecule has 0 unspecified atom stereocenters. The van der Waals surface area contributed by atoms with Crippen molar-refractivity contribution in [2.45, 2.75) is 13.2 Å². The fourth-order valence-corrected chi connectivity index (χ4v) is 3.13. The number of methoxy groups -OCH3 is 1. The van der Waals surface area contributed by atoms with Crippen molar-refractivity contribution in [3.63, 3.8) is 0 Å². The van der Waals surface area contributed by atoms with Gasteiger partial charge in [-0.05, 0) is 35.9 Å². The monoisotopic (exact) mass is 432 g/mol. The highest BCUT2D eigenvalue weighted by Gasteiger charge is 2.09. The maximum absolute atomic E-state index is 10.9. The van der Waals surface area contributed by atoms with Gasteiger partial charge in [-0.3, -0.25) is 10.1 Å². The predicted octanol–water partition coefficient (Wildman–Crippen LogP) is 6.10. The van der Waals surface area contributed by atoms with E-state index in [0.717, 1.165) is 11.1 Å². The van der Waals surface area contributed by atoms with Gasteiger partial charge in [-0.1, -0.05) is 41.4 Å². The molecular formula is C21H18Cl2N2O4. The summed E-state index contributed by atoms with van der Waals surface area (Å²) in [6.45, 7) is 0.748. The molecule has 0 saturated carbocycles. The third kappa shape index (κ3) is 5.53. The molecule has 8 heteroatoms. The van der Waals surface area contributed by atoms with Crippen LogP contribution in [0.1, 0.15) is 11.1 Å². The lowest BCUT2D eigenvalue weighted by Gasteiger charge is -2.14. The van der Waals surface area contributed by atoms with E-state index in [4.69, 9.17) is 32.7 Å². The first-order valence-electron chi connectivity index (χ1n) is 8.68. The van der Waals surface area contributed by atoms with Crippen molar-refractivity contribution in [2.75, 3.05) is 12.4 Å². The summed E-state index contributed by atoms with van der Waals surface area (Å²) in [5.41, 5.74) is 2.45. The Morgan fingerprint density at radius 1 is 1.03 bits per heavy atom. The lowest BCUT2D eigenvalue weighted by Crippen LogP contribution is -2.02. The molecule has 3 aromatic carbocycles. The first kappa shape index (κ1) is 20.8. The van der Waals surface area contributed by atoms with Crippen LogP contribution in [-0.2, 0) is 13.2 Å². The average Bonchev–Trinajstić information content (AvgIpc) is 2.72. The van der Waals surface area contributed by atoms with Crippen molar-refractivity contribution in [2.24, 2.45) is 0 Å². The average molecular weight is 433 g/mol. The van der Waals surface area contributed by atoms with Crippen molar-refractivity contribution < 1.29 is 14.4 Å². The second-order valence-electron chi connectivity index (χ2n) is 6.17. The minimum Gasteiger partial charge on any atom is -0.493 e. The Bertz CT molecular complexity index is 1030. The van der Waals surface area contributed by atoms with Crippen LogP contribution < -0.4 is 14.8 Å². The zero-order chi connectivity index (χ0) is 20.8. The number of halogens is 2. The zero-order valence-corrected chi connectivity index (χ0v) is 17.0. The van der Waals surface area contributed by atoms with Gasteiger partial charge < -0.3 is 14.8 Å². The van der Waals surface area contributed by atoms with Crippen LogP contribution in [0.3, 0.4) is 0 Å². The van der Waals surface area contributed by atoms with Crippen LogP contribution >= 0.6 is 23.2 Å². The van der Waals surface area contributed by atoms with Crippen LogP contribution in [-0.4, -0.2) is 12.0 Å². The minimum absolute atomic E-state index is 0.0391. The number of non-ortho nitro benzene ring substituents is 1. The molecule has 0 fully saturated rings. The number of nitrogens with one attached hydrogen (secondary N) is 1. The van der Waals surface area contributed by atoms with E-state index in [2.05, 4.69) is 5.32 Å². The molecule has 0 atom stereocenters. The quantitative estimate of drug-likeness (QED) is 0.343. The first-order valence-corrected chi connectivity index (χ1v) is 9.44. The fourth-order valence-electron chi connectivity index (χ4n) is 2.67. The molecule has 3 rings (SSSR count). The topological polar surface area (TPSA) is 73.6 Å². The number of ether oxygens (including phenoxy) is 2. The maximum Gasteiger partial charge on any atom is 0.271 e. The molecule has 0 heterocycles. The van der Waals surface area contributed by atoms with E-state index in [1.807, 2.05) is 24.3 Å². The Morgan fingerprint density at radius 3 is 2.59 bits per heavy atom. The van der Waals surface area contributed by atoms with E-state index >= 15 is 0 Å². The van der Waals surface area contributed by atoms with Crippen molar-refractivity contribution in [1.29, 1.82) is 0 Å². The van der Waals surface area contributed by atoms with Gasteiger partial charge >= 0.3 is 0 Å². The highest BCUT2D eigenvalue weighted by Crippen LogP contribution is 2.30. The molecule has 0 aliphatic carbocycles. The van der Waals surface area contributed by atoms with Gasteiger partial charge in [0.05, 0.1) is 12.0 Å². The first-order chi connectivity index (χ1) is 14.0. The summed E-state index contributed by atoms with van der Waals surface area (Å²) in [5, 5.41) is 15.2. The van der Waals surface area contributed by atoms with Gasteiger partial charge in [-0.15, -0.1) is 0 Å². The summed E-state index contributed by atoms with van der Waals surface area (Å²) >= 11 is 12.1. The predicted molar refractivity (Wildman–Crippen MR) is 114 cm³/mol. The van der Waals surface area contributed by atoms with Crippen LogP contribution in [0, 0.1) is 10.1 Å². The van der Waals surface area contributed by atoms with Gasteiger partial charge in [0.15, 0.2) is 11.5 Å². The number of nitro groups is 1. The van der Waals surface area contributed by atoms with Crippen molar-refractivity contribution >= 4 is 34.6 Å². The van der Waals surface area contributed by atoms with Gasteiger partial charge in [0, 0.05) is 40.0 Å². The number of anilines is 1. The molecule has 0 aliphatic rings. The molecule has 0 spiro atoms. The SMILES string of the molecule is COc1cc(CNc2cccc([N+](=O)[O-])c2)ccc1OCc1ccc(Cl)cc1Cl. The molecule has 0 amide bonds. The van der Waals surface area contributed by atoms with E-state index in [9.17, 15) is 10.1 Å². The van der Waals surface area contributed by atoms with Crippen LogP contribution in [0.25, 0.3) is 0 Å². The summed E-state index contributed by atoms with van der Waals surface area (Å²) in [5.74, 6) is 1.16. The Labute approximate surface area is 178 Å². The lowest BCUT2D eigenvalue weighted by atomic mass is 10.2. The summed E-state index contributed by atoms with van der Waals surface area (Å²) in [7, 11) is 1.56. The maximum atomic E-state index is 10.9. The van der Waals surface area contributed by atoms with Crippen LogP contribution in [0.4, 0.5) is 11.4 Å². The number of hydrogen-bond donors (Lipinski definition) is 1. The van der Waals surface area contributed by atoms with Crippen LogP contribution in [0.15, 0.2) is 60.7 Å². The number of hydrogen-bond acceptors (Lipinski definition) is 5. The smallest absolute Gasteiger partial charge is 0.271 e. The number of nitro benzene ring substituents is 1. The molecule has 0 aliphatic heterocycles. The molecule has 29 heavy (non-hydrogen) atoms. The summed E-state index contributed by atoms with van der Waals surface area (Å²) in [4.78, 5) is 10.5. The minimum atomic E-state index is -0.423. The molecule has 1 N–H and O–H groups in total. The number of nitrogens with zero attached hydrogens (tertiary/aromatic N) is 1. The second kappa shape index (κ2) is 9.49. The molecule has 3 aromatic rings. The summed E-state index contributed by atoms with van der Waals surface area (Å²) in [6.07, 6.45) is 0. The lowest BCUT2D eigenvalue weighted by molar-refractivity contribution is -0.384.